The molecule has 0 aromatic heterocycles. The van der Waals surface area contributed by atoms with Crippen molar-refractivity contribution < 1.29 is 4.92 Å². The first-order chi connectivity index (χ1) is 7.70. The average molecular weight is 221 g/mol. The summed E-state index contributed by atoms with van der Waals surface area (Å²) in [6, 6.07) is 5.03. The molecule has 1 aromatic rings. The lowest BCUT2D eigenvalue weighted by Crippen LogP contribution is -2.25. The van der Waals surface area contributed by atoms with Crippen LogP contribution in [-0.2, 0) is 6.54 Å². The van der Waals surface area contributed by atoms with E-state index in [1.54, 1.807) is 12.1 Å². The second-order valence-corrected chi connectivity index (χ2v) is 3.89. The molecule has 0 saturated heterocycles. The van der Waals surface area contributed by atoms with Gasteiger partial charge in [0.1, 0.15) is 0 Å². The number of non-ortho nitro benzene ring substituents is 1. The molecule has 2 rings (SSSR count). The molecular weight excluding hydrogens is 206 g/mol. The standard InChI is InChI=1S/C11H15N3O2/c1-2-13-6-5-12-11-7-10(14(15)16)4-3-9(11)8-13/h3-4,7,12H,2,5-6,8H2,1H3. The topological polar surface area (TPSA) is 58.4 Å². The second kappa shape index (κ2) is 4.49. The Morgan fingerprint density at radius 3 is 3.06 bits per heavy atom. The summed E-state index contributed by atoms with van der Waals surface area (Å²) in [5.41, 5.74) is 2.17. The highest BCUT2D eigenvalue weighted by molar-refractivity contribution is 5.57. The highest BCUT2D eigenvalue weighted by atomic mass is 16.6. The number of hydrogen-bond acceptors (Lipinski definition) is 4. The third kappa shape index (κ3) is 2.14. The van der Waals surface area contributed by atoms with E-state index in [9.17, 15) is 10.1 Å². The molecule has 0 atom stereocenters. The van der Waals surface area contributed by atoms with Gasteiger partial charge in [0.15, 0.2) is 0 Å². The first kappa shape index (κ1) is 10.9. The molecule has 0 spiro atoms. The van der Waals surface area contributed by atoms with Crippen molar-refractivity contribution in [2.24, 2.45) is 0 Å². The van der Waals surface area contributed by atoms with Crippen LogP contribution in [0.1, 0.15) is 12.5 Å². The van der Waals surface area contributed by atoms with E-state index >= 15 is 0 Å². The molecule has 0 bridgehead atoms. The monoisotopic (exact) mass is 221 g/mol. The number of benzene rings is 1. The zero-order valence-electron chi connectivity index (χ0n) is 9.27. The normalized spacial score (nSPS) is 16.1. The summed E-state index contributed by atoms with van der Waals surface area (Å²) >= 11 is 0. The molecular formula is C11H15N3O2. The van der Waals surface area contributed by atoms with Crippen LogP contribution in [0.15, 0.2) is 18.2 Å². The van der Waals surface area contributed by atoms with Crippen molar-refractivity contribution in [1.82, 2.24) is 4.90 Å². The predicted octanol–water partition coefficient (Wildman–Crippen LogP) is 1.84. The van der Waals surface area contributed by atoms with E-state index in [1.165, 1.54) is 0 Å². The Bertz CT molecular complexity index is 406. The number of nitro benzene ring substituents is 1. The minimum atomic E-state index is -0.357. The quantitative estimate of drug-likeness (QED) is 0.611. The van der Waals surface area contributed by atoms with Crippen molar-refractivity contribution in [2.75, 3.05) is 25.0 Å². The van der Waals surface area contributed by atoms with Gasteiger partial charge in [-0.25, -0.2) is 0 Å². The molecule has 0 unspecified atom stereocenters. The number of rotatable bonds is 2. The summed E-state index contributed by atoms with van der Waals surface area (Å²) in [6.45, 7) is 5.78. The van der Waals surface area contributed by atoms with Gasteiger partial charge in [-0.2, -0.15) is 0 Å². The van der Waals surface area contributed by atoms with Crippen LogP contribution in [0, 0.1) is 10.1 Å². The van der Waals surface area contributed by atoms with Gasteiger partial charge in [0, 0.05) is 37.5 Å². The highest BCUT2D eigenvalue weighted by Crippen LogP contribution is 2.25. The lowest BCUT2D eigenvalue weighted by Gasteiger charge is -2.16. The Labute approximate surface area is 94.2 Å². The minimum absolute atomic E-state index is 0.149. The highest BCUT2D eigenvalue weighted by Gasteiger charge is 2.15. The summed E-state index contributed by atoms with van der Waals surface area (Å²) in [7, 11) is 0. The van der Waals surface area contributed by atoms with Crippen molar-refractivity contribution >= 4 is 11.4 Å². The van der Waals surface area contributed by atoms with Gasteiger partial charge >= 0.3 is 0 Å². The van der Waals surface area contributed by atoms with E-state index in [0.717, 1.165) is 37.4 Å². The third-order valence-corrected chi connectivity index (χ3v) is 2.89. The number of nitro groups is 1. The molecule has 1 N–H and O–H groups in total. The summed E-state index contributed by atoms with van der Waals surface area (Å²) in [6.07, 6.45) is 0. The summed E-state index contributed by atoms with van der Waals surface area (Å²) < 4.78 is 0. The summed E-state index contributed by atoms with van der Waals surface area (Å²) in [5, 5.41) is 13.9. The van der Waals surface area contributed by atoms with Gasteiger partial charge in [-0.15, -0.1) is 0 Å². The second-order valence-electron chi connectivity index (χ2n) is 3.89. The minimum Gasteiger partial charge on any atom is -0.383 e. The van der Waals surface area contributed by atoms with E-state index in [1.807, 2.05) is 6.07 Å². The maximum Gasteiger partial charge on any atom is 0.271 e. The third-order valence-electron chi connectivity index (χ3n) is 2.89. The molecule has 16 heavy (non-hydrogen) atoms. The van der Waals surface area contributed by atoms with Gasteiger partial charge < -0.3 is 5.32 Å². The molecule has 5 heteroatoms. The van der Waals surface area contributed by atoms with E-state index in [0.29, 0.717) is 0 Å². The molecule has 5 nitrogen and oxygen atoms in total. The van der Waals surface area contributed by atoms with Crippen molar-refractivity contribution in [1.29, 1.82) is 0 Å². The van der Waals surface area contributed by atoms with E-state index in [2.05, 4.69) is 17.1 Å². The molecule has 1 aromatic carbocycles. The fourth-order valence-corrected chi connectivity index (χ4v) is 1.92. The van der Waals surface area contributed by atoms with Crippen molar-refractivity contribution in [3.8, 4) is 0 Å². The Morgan fingerprint density at radius 1 is 1.56 bits per heavy atom. The lowest BCUT2D eigenvalue weighted by atomic mass is 10.1. The molecule has 0 amide bonds. The fraction of sp³-hybridized carbons (Fsp3) is 0.455. The maximum absolute atomic E-state index is 10.7. The van der Waals surface area contributed by atoms with E-state index < -0.39 is 0 Å². The number of anilines is 1. The SMILES string of the molecule is CCN1CCNc2cc([N+](=O)[O-])ccc2C1. The molecule has 1 aliphatic heterocycles. The Morgan fingerprint density at radius 2 is 2.38 bits per heavy atom. The Balaban J connectivity index is 2.30. The first-order valence-electron chi connectivity index (χ1n) is 5.44. The Hall–Kier alpha value is -1.62. The molecule has 0 saturated carbocycles. The molecule has 0 radical (unpaired) electrons. The van der Waals surface area contributed by atoms with Crippen LogP contribution in [0.4, 0.5) is 11.4 Å². The number of likely N-dealkylation sites (N-methyl/N-ethyl adjacent to an activating group) is 1. The number of fused-ring (bicyclic) bond motifs is 1. The number of nitrogens with zero attached hydrogens (tertiary/aromatic N) is 2. The molecule has 0 fully saturated rings. The van der Waals surface area contributed by atoms with Gasteiger partial charge in [-0.3, -0.25) is 15.0 Å². The van der Waals surface area contributed by atoms with Gasteiger partial charge in [0.25, 0.3) is 5.69 Å². The van der Waals surface area contributed by atoms with Crippen molar-refractivity contribution in [3.63, 3.8) is 0 Å². The summed E-state index contributed by atoms with van der Waals surface area (Å²) in [4.78, 5) is 12.6. The van der Waals surface area contributed by atoms with Crippen LogP contribution >= 0.6 is 0 Å². The number of nitrogens with one attached hydrogen (secondary N) is 1. The van der Waals surface area contributed by atoms with Gasteiger partial charge in [-0.1, -0.05) is 6.92 Å². The van der Waals surface area contributed by atoms with E-state index in [4.69, 9.17) is 0 Å². The largest absolute Gasteiger partial charge is 0.383 e. The van der Waals surface area contributed by atoms with Crippen LogP contribution in [-0.4, -0.2) is 29.5 Å². The van der Waals surface area contributed by atoms with Crippen LogP contribution in [0.25, 0.3) is 0 Å². The fourth-order valence-electron chi connectivity index (χ4n) is 1.92. The van der Waals surface area contributed by atoms with E-state index in [-0.39, 0.29) is 10.6 Å². The zero-order chi connectivity index (χ0) is 11.5. The van der Waals surface area contributed by atoms with Crippen LogP contribution in [0.3, 0.4) is 0 Å². The first-order valence-corrected chi connectivity index (χ1v) is 5.44. The molecule has 1 aliphatic rings. The van der Waals surface area contributed by atoms with Crippen LogP contribution in [0.5, 0.6) is 0 Å². The van der Waals surface area contributed by atoms with Crippen molar-refractivity contribution in [3.05, 3.63) is 33.9 Å². The van der Waals surface area contributed by atoms with Crippen molar-refractivity contribution in [2.45, 2.75) is 13.5 Å². The molecule has 86 valence electrons. The smallest absolute Gasteiger partial charge is 0.271 e. The predicted molar refractivity (Wildman–Crippen MR) is 62.5 cm³/mol. The molecule has 0 aliphatic carbocycles. The average Bonchev–Trinajstić information content (AvgIpc) is 2.49. The summed E-state index contributed by atoms with van der Waals surface area (Å²) in [5.74, 6) is 0. The maximum atomic E-state index is 10.7. The Kier molecular flexibility index (Phi) is 3.05. The number of hydrogen-bond donors (Lipinski definition) is 1. The van der Waals surface area contributed by atoms with Crippen LogP contribution in [0.2, 0.25) is 0 Å². The van der Waals surface area contributed by atoms with Gasteiger partial charge in [-0.05, 0) is 18.2 Å². The van der Waals surface area contributed by atoms with Gasteiger partial charge in [0.05, 0.1) is 4.92 Å². The van der Waals surface area contributed by atoms with Gasteiger partial charge in [0.2, 0.25) is 0 Å². The van der Waals surface area contributed by atoms with Crippen LogP contribution < -0.4 is 5.32 Å². The molecule has 1 heterocycles. The lowest BCUT2D eigenvalue weighted by molar-refractivity contribution is -0.384. The zero-order valence-corrected chi connectivity index (χ0v) is 9.27.